The maximum Gasteiger partial charge on any atom is 0.0490 e. The molecule has 2 aromatic rings. The number of hydrogen-bond donors (Lipinski definition) is 0. The Bertz CT molecular complexity index is 758. The van der Waals surface area contributed by atoms with Crippen LogP contribution in [-0.4, -0.2) is 0 Å². The third-order valence-corrected chi connectivity index (χ3v) is 5.93. The second-order valence-electron chi connectivity index (χ2n) is 7.97. The molecular weight excluding hydrogens is 300 g/mol. The van der Waals surface area contributed by atoms with Crippen molar-refractivity contribution < 1.29 is 0 Å². The van der Waals surface area contributed by atoms with Crippen molar-refractivity contribution in [2.75, 3.05) is 0 Å². The Balaban J connectivity index is 2.37. The molecule has 0 spiro atoms. The van der Waals surface area contributed by atoms with Crippen LogP contribution < -0.4 is 0 Å². The monoisotopic (exact) mass is 326 g/mol. The third-order valence-electron chi connectivity index (χ3n) is 5.63. The average Bonchev–Trinajstić information content (AvgIpc) is 2.75. The lowest BCUT2D eigenvalue weighted by Crippen LogP contribution is -2.24. The molecule has 2 aromatic carbocycles. The molecule has 1 aliphatic rings. The van der Waals surface area contributed by atoms with Gasteiger partial charge in [-0.3, -0.25) is 0 Å². The van der Waals surface area contributed by atoms with Crippen LogP contribution in [0.5, 0.6) is 0 Å². The molecule has 0 saturated carbocycles. The van der Waals surface area contributed by atoms with Crippen molar-refractivity contribution in [3.63, 3.8) is 0 Å². The van der Waals surface area contributed by atoms with E-state index in [2.05, 4.69) is 71.9 Å². The van der Waals surface area contributed by atoms with E-state index < -0.39 is 0 Å². The first-order valence-corrected chi connectivity index (χ1v) is 9.08. The first kappa shape index (κ1) is 16.6. The van der Waals surface area contributed by atoms with Crippen LogP contribution in [0.4, 0.5) is 0 Å². The Morgan fingerprint density at radius 2 is 1.61 bits per heavy atom. The SMILES string of the molecule is CCC1(CC)c2cc(C(C)(C)C)ccc2-c2c(Cl)cc(C)cc21. The summed E-state index contributed by atoms with van der Waals surface area (Å²) in [5, 5.41) is 0.897. The van der Waals surface area contributed by atoms with Gasteiger partial charge in [-0.25, -0.2) is 0 Å². The van der Waals surface area contributed by atoms with E-state index in [0.29, 0.717) is 0 Å². The van der Waals surface area contributed by atoms with Crippen LogP contribution in [0.2, 0.25) is 5.02 Å². The van der Waals surface area contributed by atoms with Crippen molar-refractivity contribution in [1.29, 1.82) is 0 Å². The Kier molecular flexibility index (Phi) is 3.88. The van der Waals surface area contributed by atoms with Crippen molar-refractivity contribution in [3.8, 4) is 11.1 Å². The molecule has 0 heterocycles. The molecule has 0 bridgehead atoms. The number of rotatable bonds is 2. The molecule has 23 heavy (non-hydrogen) atoms. The van der Waals surface area contributed by atoms with Gasteiger partial charge < -0.3 is 0 Å². The maximum absolute atomic E-state index is 6.67. The van der Waals surface area contributed by atoms with Crippen molar-refractivity contribution >= 4 is 11.6 Å². The highest BCUT2D eigenvalue weighted by molar-refractivity contribution is 6.34. The van der Waals surface area contributed by atoms with E-state index in [-0.39, 0.29) is 10.8 Å². The predicted molar refractivity (Wildman–Crippen MR) is 102 cm³/mol. The highest BCUT2D eigenvalue weighted by atomic mass is 35.5. The maximum atomic E-state index is 6.67. The smallest absolute Gasteiger partial charge is 0.0490 e. The van der Waals surface area contributed by atoms with E-state index >= 15 is 0 Å². The Morgan fingerprint density at radius 1 is 0.957 bits per heavy atom. The van der Waals surface area contributed by atoms with E-state index in [4.69, 9.17) is 11.6 Å². The van der Waals surface area contributed by atoms with Crippen LogP contribution in [-0.2, 0) is 10.8 Å². The minimum absolute atomic E-state index is 0.0988. The van der Waals surface area contributed by atoms with Crippen molar-refractivity contribution in [3.05, 3.63) is 57.6 Å². The van der Waals surface area contributed by atoms with Crippen LogP contribution in [0.25, 0.3) is 11.1 Å². The fourth-order valence-corrected chi connectivity index (χ4v) is 4.55. The summed E-state index contributed by atoms with van der Waals surface area (Å²) in [5.74, 6) is 0. The second kappa shape index (κ2) is 5.38. The molecule has 0 unspecified atom stereocenters. The lowest BCUT2D eigenvalue weighted by molar-refractivity contribution is 0.487. The van der Waals surface area contributed by atoms with Gasteiger partial charge in [0.05, 0.1) is 0 Å². The van der Waals surface area contributed by atoms with Crippen molar-refractivity contribution in [2.24, 2.45) is 0 Å². The molecule has 0 aliphatic heterocycles. The Morgan fingerprint density at radius 3 is 2.17 bits per heavy atom. The molecule has 0 nitrogen and oxygen atoms in total. The van der Waals surface area contributed by atoms with E-state index in [1.165, 1.54) is 33.4 Å². The highest BCUT2D eigenvalue weighted by Crippen LogP contribution is 2.55. The van der Waals surface area contributed by atoms with E-state index in [9.17, 15) is 0 Å². The lowest BCUT2D eigenvalue weighted by atomic mass is 9.72. The number of halogens is 1. The molecule has 0 amide bonds. The molecule has 0 atom stereocenters. The molecule has 0 N–H and O–H groups in total. The molecule has 122 valence electrons. The summed E-state index contributed by atoms with van der Waals surface area (Å²) < 4.78 is 0. The predicted octanol–water partition coefficient (Wildman–Crippen LogP) is 7.03. The van der Waals surface area contributed by atoms with Gasteiger partial charge in [0.1, 0.15) is 0 Å². The number of benzene rings is 2. The molecule has 3 rings (SSSR count). The van der Waals surface area contributed by atoms with E-state index in [1.807, 2.05) is 0 Å². The van der Waals surface area contributed by atoms with E-state index in [0.717, 1.165) is 17.9 Å². The van der Waals surface area contributed by atoms with Gasteiger partial charge in [-0.1, -0.05) is 70.5 Å². The quantitative estimate of drug-likeness (QED) is 0.555. The molecule has 0 fully saturated rings. The summed E-state index contributed by atoms with van der Waals surface area (Å²) >= 11 is 6.67. The largest absolute Gasteiger partial charge is 0.0836 e. The molecule has 0 saturated heterocycles. The van der Waals surface area contributed by atoms with Gasteiger partial charge in [0.15, 0.2) is 0 Å². The first-order chi connectivity index (χ1) is 10.7. The average molecular weight is 327 g/mol. The van der Waals surface area contributed by atoms with Crippen LogP contribution in [0.3, 0.4) is 0 Å². The molecule has 0 aromatic heterocycles. The van der Waals surface area contributed by atoms with Crippen molar-refractivity contribution in [2.45, 2.75) is 65.2 Å². The topological polar surface area (TPSA) is 0 Å². The normalized spacial score (nSPS) is 15.4. The number of aryl methyl sites for hydroxylation is 1. The summed E-state index contributed by atoms with van der Waals surface area (Å²) in [6.45, 7) is 13.6. The summed E-state index contributed by atoms with van der Waals surface area (Å²) in [5.41, 5.74) is 8.41. The van der Waals surface area contributed by atoms with Crippen LogP contribution in [0.15, 0.2) is 30.3 Å². The van der Waals surface area contributed by atoms with Crippen LogP contribution >= 0.6 is 11.6 Å². The zero-order chi connectivity index (χ0) is 17.0. The third kappa shape index (κ3) is 2.34. The van der Waals surface area contributed by atoms with Gasteiger partial charge in [-0.05, 0) is 59.1 Å². The highest BCUT2D eigenvalue weighted by Gasteiger charge is 2.42. The summed E-state index contributed by atoms with van der Waals surface area (Å²) in [7, 11) is 0. The Hall–Kier alpha value is -1.27. The van der Waals surface area contributed by atoms with Gasteiger partial charge in [0.25, 0.3) is 0 Å². The van der Waals surface area contributed by atoms with Crippen molar-refractivity contribution in [1.82, 2.24) is 0 Å². The van der Waals surface area contributed by atoms with Gasteiger partial charge in [-0.15, -0.1) is 0 Å². The molecule has 0 radical (unpaired) electrons. The molecule has 1 aliphatic carbocycles. The van der Waals surface area contributed by atoms with E-state index in [1.54, 1.807) is 0 Å². The van der Waals surface area contributed by atoms with Gasteiger partial charge >= 0.3 is 0 Å². The fourth-order valence-electron chi connectivity index (χ4n) is 4.17. The van der Waals surface area contributed by atoms with Gasteiger partial charge in [0, 0.05) is 16.0 Å². The second-order valence-corrected chi connectivity index (χ2v) is 8.38. The Labute approximate surface area is 145 Å². The molecule has 1 heteroatoms. The van der Waals surface area contributed by atoms with Gasteiger partial charge in [-0.2, -0.15) is 0 Å². The lowest BCUT2D eigenvalue weighted by Gasteiger charge is -2.31. The zero-order valence-electron chi connectivity index (χ0n) is 15.2. The number of hydrogen-bond acceptors (Lipinski definition) is 0. The van der Waals surface area contributed by atoms with Crippen LogP contribution in [0, 0.1) is 6.92 Å². The zero-order valence-corrected chi connectivity index (χ0v) is 15.9. The minimum Gasteiger partial charge on any atom is -0.0836 e. The van der Waals surface area contributed by atoms with Gasteiger partial charge in [0.2, 0.25) is 0 Å². The fraction of sp³-hybridized carbons (Fsp3) is 0.455. The minimum atomic E-state index is 0.0988. The standard InChI is InChI=1S/C22H27Cl/c1-7-22(8-2)17-13-15(21(4,5)6)9-10-16(17)20-18(22)11-14(3)12-19(20)23/h9-13H,7-8H2,1-6H3. The molecular formula is C22H27Cl. The summed E-state index contributed by atoms with van der Waals surface area (Å²) in [4.78, 5) is 0. The first-order valence-electron chi connectivity index (χ1n) is 8.70. The van der Waals surface area contributed by atoms with Crippen LogP contribution in [0.1, 0.15) is 69.7 Å². The summed E-state index contributed by atoms with van der Waals surface area (Å²) in [6.07, 6.45) is 2.22. The number of fused-ring (bicyclic) bond motifs is 3. The summed E-state index contributed by atoms with van der Waals surface area (Å²) in [6, 6.07) is 11.5.